The summed E-state index contributed by atoms with van der Waals surface area (Å²) in [6.07, 6.45) is 0. The molecular weight excluding hydrogens is 245 g/mol. The topological polar surface area (TPSA) is 52.3 Å². The molecule has 19 heavy (non-hydrogen) atoms. The fourth-order valence-corrected chi connectivity index (χ4v) is 1.86. The first-order chi connectivity index (χ1) is 9.02. The minimum atomic E-state index is -0.443. The van der Waals surface area contributed by atoms with Gasteiger partial charge in [0.1, 0.15) is 11.6 Å². The zero-order chi connectivity index (χ0) is 14.0. The van der Waals surface area contributed by atoms with Crippen LogP contribution in [0.5, 0.6) is 5.75 Å². The number of benzene rings is 2. The van der Waals surface area contributed by atoms with Crippen molar-refractivity contribution in [2.75, 3.05) is 12.8 Å². The van der Waals surface area contributed by atoms with Crippen LogP contribution < -0.4 is 10.5 Å². The molecule has 2 aromatic carbocycles. The minimum Gasteiger partial charge on any atom is -0.497 e. The molecule has 0 spiro atoms. The molecule has 0 bridgehead atoms. The Bertz CT molecular complexity index is 638. The Morgan fingerprint density at radius 2 is 1.89 bits per heavy atom. The number of carbonyl (C=O) groups excluding carboxylic acids is 1. The van der Waals surface area contributed by atoms with Gasteiger partial charge in [-0.1, -0.05) is 6.07 Å². The van der Waals surface area contributed by atoms with Crippen molar-refractivity contribution in [2.45, 2.75) is 6.92 Å². The third kappa shape index (κ3) is 2.57. The number of aryl methyl sites for hydroxylation is 1. The van der Waals surface area contributed by atoms with E-state index in [1.807, 2.05) is 0 Å². The zero-order valence-electron chi connectivity index (χ0n) is 10.7. The van der Waals surface area contributed by atoms with Crippen LogP contribution in [0.4, 0.5) is 10.1 Å². The molecule has 0 aliphatic heterocycles. The number of halogens is 1. The van der Waals surface area contributed by atoms with Crippen LogP contribution in [0.2, 0.25) is 0 Å². The molecule has 0 heterocycles. The van der Waals surface area contributed by atoms with Crippen LogP contribution in [0, 0.1) is 12.7 Å². The number of hydrogen-bond acceptors (Lipinski definition) is 3. The summed E-state index contributed by atoms with van der Waals surface area (Å²) >= 11 is 0. The minimum absolute atomic E-state index is 0.294. The van der Waals surface area contributed by atoms with Crippen LogP contribution in [0.25, 0.3) is 0 Å². The van der Waals surface area contributed by atoms with E-state index in [0.29, 0.717) is 28.1 Å². The lowest BCUT2D eigenvalue weighted by molar-refractivity contribution is 0.103. The van der Waals surface area contributed by atoms with Gasteiger partial charge in [0, 0.05) is 22.9 Å². The molecule has 2 N–H and O–H groups in total. The molecule has 98 valence electrons. The Balaban J connectivity index is 2.47. The number of nitrogens with two attached hydrogens (primary N) is 1. The molecule has 3 nitrogen and oxygen atoms in total. The SMILES string of the molecule is COc1ccc(C(=O)c2cc(F)ccc2C)c(N)c1. The molecule has 0 amide bonds. The molecule has 0 radical (unpaired) electrons. The van der Waals surface area contributed by atoms with Gasteiger partial charge in [0.15, 0.2) is 5.78 Å². The van der Waals surface area contributed by atoms with Gasteiger partial charge in [-0.25, -0.2) is 4.39 Å². The number of ketones is 1. The van der Waals surface area contributed by atoms with Crippen molar-refractivity contribution < 1.29 is 13.9 Å². The van der Waals surface area contributed by atoms with Gasteiger partial charge >= 0.3 is 0 Å². The standard InChI is InChI=1S/C15H14FNO2/c1-9-3-4-10(16)7-13(9)15(18)12-6-5-11(19-2)8-14(12)17/h3-8H,17H2,1-2H3. The van der Waals surface area contributed by atoms with Crippen LogP contribution in [-0.4, -0.2) is 12.9 Å². The number of carbonyl (C=O) groups is 1. The van der Waals surface area contributed by atoms with E-state index in [-0.39, 0.29) is 5.78 Å². The second kappa shape index (κ2) is 5.10. The summed E-state index contributed by atoms with van der Waals surface area (Å²) in [5.74, 6) is -0.164. The van der Waals surface area contributed by atoms with Crippen molar-refractivity contribution in [1.82, 2.24) is 0 Å². The molecule has 0 saturated carbocycles. The highest BCUT2D eigenvalue weighted by Crippen LogP contribution is 2.23. The van der Waals surface area contributed by atoms with E-state index in [1.165, 1.54) is 19.2 Å². The van der Waals surface area contributed by atoms with E-state index in [1.54, 1.807) is 31.2 Å². The Kier molecular flexibility index (Phi) is 3.51. The summed E-state index contributed by atoms with van der Waals surface area (Å²) < 4.78 is 18.3. The molecule has 0 aliphatic rings. The molecule has 2 aromatic rings. The normalized spacial score (nSPS) is 10.3. The van der Waals surface area contributed by atoms with Crippen molar-refractivity contribution >= 4 is 11.5 Å². The van der Waals surface area contributed by atoms with Crippen LogP contribution in [0.15, 0.2) is 36.4 Å². The molecule has 0 atom stereocenters. The summed E-state index contributed by atoms with van der Waals surface area (Å²) in [6.45, 7) is 1.76. The highest BCUT2D eigenvalue weighted by atomic mass is 19.1. The Hall–Kier alpha value is -2.36. The summed E-state index contributed by atoms with van der Waals surface area (Å²) in [5.41, 5.74) is 7.51. The van der Waals surface area contributed by atoms with Gasteiger partial charge in [-0.3, -0.25) is 4.79 Å². The van der Waals surface area contributed by atoms with E-state index >= 15 is 0 Å². The van der Waals surface area contributed by atoms with Crippen molar-refractivity contribution in [3.8, 4) is 5.75 Å². The number of methoxy groups -OCH3 is 1. The summed E-state index contributed by atoms with van der Waals surface area (Å²) in [5, 5.41) is 0. The lowest BCUT2D eigenvalue weighted by Crippen LogP contribution is -2.07. The maximum absolute atomic E-state index is 13.2. The number of nitrogen functional groups attached to an aromatic ring is 1. The zero-order valence-corrected chi connectivity index (χ0v) is 10.7. The van der Waals surface area contributed by atoms with E-state index in [4.69, 9.17) is 10.5 Å². The van der Waals surface area contributed by atoms with Gasteiger partial charge < -0.3 is 10.5 Å². The first-order valence-electron chi connectivity index (χ1n) is 5.77. The molecule has 4 heteroatoms. The maximum atomic E-state index is 13.2. The largest absolute Gasteiger partial charge is 0.497 e. The van der Waals surface area contributed by atoms with E-state index < -0.39 is 5.82 Å². The molecule has 0 saturated heterocycles. The van der Waals surface area contributed by atoms with Gasteiger partial charge in [0.25, 0.3) is 0 Å². The number of anilines is 1. The first-order valence-corrected chi connectivity index (χ1v) is 5.77. The molecule has 0 unspecified atom stereocenters. The van der Waals surface area contributed by atoms with E-state index in [9.17, 15) is 9.18 Å². The van der Waals surface area contributed by atoms with Crippen LogP contribution in [0.1, 0.15) is 21.5 Å². The number of rotatable bonds is 3. The lowest BCUT2D eigenvalue weighted by atomic mass is 9.98. The predicted octanol–water partition coefficient (Wildman–Crippen LogP) is 2.96. The van der Waals surface area contributed by atoms with Gasteiger partial charge in [0.2, 0.25) is 0 Å². The lowest BCUT2D eigenvalue weighted by Gasteiger charge is -2.09. The fourth-order valence-electron chi connectivity index (χ4n) is 1.86. The van der Waals surface area contributed by atoms with Crippen molar-refractivity contribution in [3.63, 3.8) is 0 Å². The van der Waals surface area contributed by atoms with Gasteiger partial charge in [-0.2, -0.15) is 0 Å². The summed E-state index contributed by atoms with van der Waals surface area (Å²) in [4.78, 5) is 12.4. The van der Waals surface area contributed by atoms with Gasteiger partial charge in [-0.05, 0) is 36.8 Å². The summed E-state index contributed by atoms with van der Waals surface area (Å²) in [7, 11) is 1.52. The van der Waals surface area contributed by atoms with Gasteiger partial charge in [-0.15, -0.1) is 0 Å². The average molecular weight is 259 g/mol. The third-order valence-corrected chi connectivity index (χ3v) is 2.95. The highest BCUT2D eigenvalue weighted by Gasteiger charge is 2.15. The molecule has 0 aromatic heterocycles. The third-order valence-electron chi connectivity index (χ3n) is 2.95. The van der Waals surface area contributed by atoms with E-state index in [2.05, 4.69) is 0 Å². The van der Waals surface area contributed by atoms with Crippen molar-refractivity contribution in [3.05, 3.63) is 58.9 Å². The highest BCUT2D eigenvalue weighted by molar-refractivity contribution is 6.12. The Morgan fingerprint density at radius 3 is 2.53 bits per heavy atom. The van der Waals surface area contributed by atoms with Crippen LogP contribution in [0.3, 0.4) is 0 Å². The monoisotopic (exact) mass is 259 g/mol. The van der Waals surface area contributed by atoms with Crippen LogP contribution in [-0.2, 0) is 0 Å². The molecule has 0 aliphatic carbocycles. The maximum Gasteiger partial charge on any atom is 0.195 e. The fraction of sp³-hybridized carbons (Fsp3) is 0.133. The average Bonchev–Trinajstić information content (AvgIpc) is 2.40. The van der Waals surface area contributed by atoms with Crippen LogP contribution >= 0.6 is 0 Å². The number of hydrogen-bond donors (Lipinski definition) is 1. The van der Waals surface area contributed by atoms with Crippen molar-refractivity contribution in [1.29, 1.82) is 0 Å². The second-order valence-corrected chi connectivity index (χ2v) is 4.24. The summed E-state index contributed by atoms with van der Waals surface area (Å²) in [6, 6.07) is 8.92. The molecule has 0 fully saturated rings. The molecule has 2 rings (SSSR count). The van der Waals surface area contributed by atoms with Crippen molar-refractivity contribution in [2.24, 2.45) is 0 Å². The molecular formula is C15H14FNO2. The van der Waals surface area contributed by atoms with Gasteiger partial charge in [0.05, 0.1) is 7.11 Å². The van der Waals surface area contributed by atoms with E-state index in [0.717, 1.165) is 0 Å². The first kappa shape index (κ1) is 13.1. The number of ether oxygens (including phenoxy) is 1. The second-order valence-electron chi connectivity index (χ2n) is 4.24. The quantitative estimate of drug-likeness (QED) is 0.681. The Labute approximate surface area is 110 Å². The smallest absolute Gasteiger partial charge is 0.195 e. The Morgan fingerprint density at radius 1 is 1.16 bits per heavy atom. The predicted molar refractivity (Wildman–Crippen MR) is 72.0 cm³/mol.